The number of hydrogen-bond donors (Lipinski definition) is 0. The summed E-state index contributed by atoms with van der Waals surface area (Å²) in [5.74, 6) is 0.0548. The Morgan fingerprint density at radius 3 is 2.59 bits per heavy atom. The molecule has 1 heterocycles. The summed E-state index contributed by atoms with van der Waals surface area (Å²) in [5.41, 5.74) is 7.40. The molecule has 0 bridgehead atoms. The molecule has 0 aliphatic heterocycles. The Labute approximate surface area is 156 Å². The average Bonchev–Trinajstić information content (AvgIpc) is 2.69. The SMILES string of the molecule is COC=Cc1ccc2c3c(c4cc(C)ccc4nc13)-c1ccccc1C2=O. The second-order valence-electron chi connectivity index (χ2n) is 6.85. The number of methoxy groups -OCH3 is 1. The fourth-order valence-corrected chi connectivity index (χ4v) is 3.97. The van der Waals surface area contributed by atoms with E-state index >= 15 is 0 Å². The van der Waals surface area contributed by atoms with Crippen LogP contribution in [0.2, 0.25) is 0 Å². The van der Waals surface area contributed by atoms with Crippen LogP contribution in [0.1, 0.15) is 27.0 Å². The number of fused-ring (bicyclic) bond motifs is 4. The van der Waals surface area contributed by atoms with E-state index in [0.717, 1.165) is 44.1 Å². The van der Waals surface area contributed by atoms with E-state index in [-0.39, 0.29) is 5.78 Å². The Kier molecular flexibility index (Phi) is 3.37. The van der Waals surface area contributed by atoms with Crippen molar-refractivity contribution in [2.45, 2.75) is 6.92 Å². The quantitative estimate of drug-likeness (QED) is 0.310. The van der Waals surface area contributed by atoms with Crippen LogP contribution in [0.25, 0.3) is 39.0 Å². The molecule has 0 saturated carbocycles. The molecule has 130 valence electrons. The minimum absolute atomic E-state index is 0.0548. The summed E-state index contributed by atoms with van der Waals surface area (Å²) in [5, 5.41) is 2.01. The monoisotopic (exact) mass is 351 g/mol. The van der Waals surface area contributed by atoms with E-state index in [9.17, 15) is 4.79 Å². The standard InChI is InChI=1S/C24H17NO2/c1-14-7-10-20-19(13-14)21-16-5-3-4-6-17(16)24(26)18-9-8-15(11-12-27-2)23(25-20)22(18)21/h3-13H,1-2H3. The highest BCUT2D eigenvalue weighted by atomic mass is 16.5. The molecule has 1 aliphatic carbocycles. The Hall–Kier alpha value is -3.46. The van der Waals surface area contributed by atoms with E-state index in [1.807, 2.05) is 42.5 Å². The molecule has 0 N–H and O–H groups in total. The average molecular weight is 351 g/mol. The molecule has 0 atom stereocenters. The third-order valence-electron chi connectivity index (χ3n) is 5.18. The molecule has 0 spiro atoms. The number of carbonyl (C=O) groups is 1. The van der Waals surface area contributed by atoms with E-state index in [4.69, 9.17) is 9.72 Å². The van der Waals surface area contributed by atoms with Crippen LogP contribution < -0.4 is 0 Å². The molecular formula is C24H17NO2. The minimum atomic E-state index is 0.0548. The van der Waals surface area contributed by atoms with Crippen molar-refractivity contribution in [3.8, 4) is 11.1 Å². The van der Waals surface area contributed by atoms with Gasteiger partial charge in [-0.3, -0.25) is 4.79 Å². The lowest BCUT2D eigenvalue weighted by molar-refractivity contribution is 0.104. The summed E-state index contributed by atoms with van der Waals surface area (Å²) in [6.07, 6.45) is 3.53. The highest BCUT2D eigenvalue weighted by Crippen LogP contribution is 2.43. The topological polar surface area (TPSA) is 39.2 Å². The van der Waals surface area contributed by atoms with Gasteiger partial charge in [0.05, 0.1) is 24.4 Å². The number of aromatic nitrogens is 1. The molecule has 0 radical (unpaired) electrons. The van der Waals surface area contributed by atoms with Crippen LogP contribution in [0, 0.1) is 6.92 Å². The Bertz CT molecular complexity index is 1280. The van der Waals surface area contributed by atoms with Gasteiger partial charge in [0.2, 0.25) is 0 Å². The maximum atomic E-state index is 13.2. The highest BCUT2D eigenvalue weighted by molar-refractivity contribution is 6.29. The number of ketones is 1. The van der Waals surface area contributed by atoms with Crippen molar-refractivity contribution >= 4 is 33.7 Å². The molecule has 0 saturated heterocycles. The predicted molar refractivity (Wildman–Crippen MR) is 109 cm³/mol. The zero-order valence-corrected chi connectivity index (χ0v) is 15.1. The van der Waals surface area contributed by atoms with E-state index < -0.39 is 0 Å². The molecule has 4 aromatic rings. The Morgan fingerprint density at radius 2 is 1.78 bits per heavy atom. The van der Waals surface area contributed by atoms with Gasteiger partial charge in [-0.15, -0.1) is 0 Å². The number of ether oxygens (including phenoxy) is 1. The molecule has 3 nitrogen and oxygen atoms in total. The van der Waals surface area contributed by atoms with Gasteiger partial charge in [-0.25, -0.2) is 4.98 Å². The summed E-state index contributed by atoms with van der Waals surface area (Å²) in [6.45, 7) is 2.08. The second kappa shape index (κ2) is 5.78. The lowest BCUT2D eigenvalue weighted by atomic mass is 9.81. The maximum absolute atomic E-state index is 13.2. The summed E-state index contributed by atoms with van der Waals surface area (Å²) >= 11 is 0. The van der Waals surface area contributed by atoms with Crippen LogP contribution in [0.15, 0.2) is 60.9 Å². The zero-order chi connectivity index (χ0) is 18.5. The third-order valence-corrected chi connectivity index (χ3v) is 5.18. The number of rotatable bonds is 2. The van der Waals surface area contributed by atoms with E-state index in [1.165, 1.54) is 5.56 Å². The van der Waals surface area contributed by atoms with Crippen molar-refractivity contribution in [2.75, 3.05) is 7.11 Å². The normalized spacial score (nSPS) is 12.7. The predicted octanol–water partition coefficient (Wildman–Crippen LogP) is 5.52. The van der Waals surface area contributed by atoms with Gasteiger partial charge in [-0.1, -0.05) is 42.0 Å². The van der Waals surface area contributed by atoms with Gasteiger partial charge in [-0.05, 0) is 36.8 Å². The van der Waals surface area contributed by atoms with Crippen molar-refractivity contribution in [2.24, 2.45) is 0 Å². The van der Waals surface area contributed by atoms with Gasteiger partial charge in [0.15, 0.2) is 5.78 Å². The van der Waals surface area contributed by atoms with Crippen LogP contribution in [0.4, 0.5) is 0 Å². The zero-order valence-electron chi connectivity index (χ0n) is 15.1. The van der Waals surface area contributed by atoms with Crippen molar-refractivity contribution in [3.05, 3.63) is 83.1 Å². The lowest BCUT2D eigenvalue weighted by Crippen LogP contribution is -2.11. The number of carbonyl (C=O) groups excluding carboxylic acids is 1. The van der Waals surface area contributed by atoms with Gasteiger partial charge < -0.3 is 4.74 Å². The van der Waals surface area contributed by atoms with Gasteiger partial charge >= 0.3 is 0 Å². The summed E-state index contributed by atoms with van der Waals surface area (Å²) in [7, 11) is 1.62. The van der Waals surface area contributed by atoms with Crippen LogP contribution in [0.3, 0.4) is 0 Å². The van der Waals surface area contributed by atoms with Gasteiger partial charge in [0.25, 0.3) is 0 Å². The number of nitrogens with zero attached hydrogens (tertiary/aromatic N) is 1. The molecular weight excluding hydrogens is 334 g/mol. The first kappa shape index (κ1) is 15.8. The van der Waals surface area contributed by atoms with Crippen LogP contribution in [-0.2, 0) is 4.74 Å². The maximum Gasteiger partial charge on any atom is 0.194 e. The number of aryl methyl sites for hydroxylation is 1. The first-order valence-corrected chi connectivity index (χ1v) is 8.89. The lowest BCUT2D eigenvalue weighted by Gasteiger charge is -2.22. The van der Waals surface area contributed by atoms with Gasteiger partial charge in [-0.2, -0.15) is 0 Å². The molecule has 3 heteroatoms. The van der Waals surface area contributed by atoms with E-state index in [1.54, 1.807) is 13.4 Å². The Morgan fingerprint density at radius 1 is 0.963 bits per heavy atom. The molecule has 0 unspecified atom stereocenters. The molecule has 0 amide bonds. The minimum Gasteiger partial charge on any atom is -0.504 e. The van der Waals surface area contributed by atoms with E-state index in [0.29, 0.717) is 5.56 Å². The highest BCUT2D eigenvalue weighted by Gasteiger charge is 2.28. The van der Waals surface area contributed by atoms with Crippen LogP contribution in [-0.4, -0.2) is 17.9 Å². The van der Waals surface area contributed by atoms with Crippen molar-refractivity contribution in [1.29, 1.82) is 0 Å². The fraction of sp³-hybridized carbons (Fsp3) is 0.0833. The largest absolute Gasteiger partial charge is 0.504 e. The number of pyridine rings is 1. The summed E-state index contributed by atoms with van der Waals surface area (Å²) in [4.78, 5) is 18.1. The Balaban J connectivity index is 2.05. The molecule has 3 aromatic carbocycles. The van der Waals surface area contributed by atoms with Crippen molar-refractivity contribution in [1.82, 2.24) is 4.98 Å². The van der Waals surface area contributed by atoms with Crippen LogP contribution >= 0.6 is 0 Å². The van der Waals surface area contributed by atoms with Gasteiger partial charge in [0.1, 0.15) is 0 Å². The number of hydrogen-bond acceptors (Lipinski definition) is 3. The van der Waals surface area contributed by atoms with Crippen molar-refractivity contribution in [3.63, 3.8) is 0 Å². The first-order chi connectivity index (χ1) is 13.2. The number of benzene rings is 3. The van der Waals surface area contributed by atoms with Gasteiger partial charge in [0, 0.05) is 33.0 Å². The molecule has 5 rings (SSSR count). The second-order valence-corrected chi connectivity index (χ2v) is 6.85. The van der Waals surface area contributed by atoms with E-state index in [2.05, 4.69) is 25.1 Å². The molecule has 27 heavy (non-hydrogen) atoms. The third kappa shape index (κ3) is 2.21. The molecule has 0 fully saturated rings. The van der Waals surface area contributed by atoms with Crippen molar-refractivity contribution < 1.29 is 9.53 Å². The molecule has 1 aliphatic rings. The molecule has 1 aromatic heterocycles. The summed E-state index contributed by atoms with van der Waals surface area (Å²) in [6, 6.07) is 18.0. The first-order valence-electron chi connectivity index (χ1n) is 8.89. The summed E-state index contributed by atoms with van der Waals surface area (Å²) < 4.78 is 5.10. The fourth-order valence-electron chi connectivity index (χ4n) is 3.97. The smallest absolute Gasteiger partial charge is 0.194 e. The van der Waals surface area contributed by atoms with Crippen LogP contribution in [0.5, 0.6) is 0 Å².